The third-order valence-corrected chi connectivity index (χ3v) is 5.30. The van der Waals surface area contributed by atoms with Gasteiger partial charge < -0.3 is 11.1 Å². The molecule has 0 atom stereocenters. The maximum atomic E-state index is 5.80. The number of thiophene rings is 2. The van der Waals surface area contributed by atoms with Gasteiger partial charge in [-0.3, -0.25) is 0 Å². The van der Waals surface area contributed by atoms with Gasteiger partial charge in [0, 0.05) is 11.4 Å². The minimum atomic E-state index is 0.326. The van der Waals surface area contributed by atoms with Gasteiger partial charge in [0.1, 0.15) is 10.6 Å². The van der Waals surface area contributed by atoms with E-state index in [1.54, 1.807) is 22.7 Å². The number of anilines is 2. The van der Waals surface area contributed by atoms with Crippen molar-refractivity contribution in [3.8, 4) is 0 Å². The van der Waals surface area contributed by atoms with Crippen molar-refractivity contribution in [2.45, 2.75) is 26.8 Å². The topological polar surface area (TPSA) is 63.8 Å². The summed E-state index contributed by atoms with van der Waals surface area (Å²) in [6, 6.07) is 2.16. The second-order valence-electron chi connectivity index (χ2n) is 4.65. The van der Waals surface area contributed by atoms with Crippen molar-refractivity contribution in [3.05, 3.63) is 32.8 Å². The minimum Gasteiger partial charge on any atom is -0.368 e. The first-order valence-corrected chi connectivity index (χ1v) is 8.24. The van der Waals surface area contributed by atoms with E-state index in [4.69, 9.17) is 5.73 Å². The number of fused-ring (bicyclic) bond motifs is 1. The number of hydrogen-bond acceptors (Lipinski definition) is 6. The van der Waals surface area contributed by atoms with Gasteiger partial charge in [0.05, 0.1) is 5.39 Å². The second-order valence-corrected chi connectivity index (χ2v) is 6.51. The van der Waals surface area contributed by atoms with Crippen molar-refractivity contribution in [1.82, 2.24) is 9.97 Å². The van der Waals surface area contributed by atoms with Crippen LogP contribution in [0.2, 0.25) is 0 Å². The normalized spacial score (nSPS) is 11.1. The molecule has 0 spiro atoms. The fraction of sp³-hybridized carbons (Fsp3) is 0.286. The number of nitrogens with two attached hydrogens (primary N) is 1. The molecule has 0 aromatic carbocycles. The molecule has 0 bridgehead atoms. The summed E-state index contributed by atoms with van der Waals surface area (Å²) >= 11 is 3.40. The van der Waals surface area contributed by atoms with Crippen molar-refractivity contribution in [3.63, 3.8) is 0 Å². The first-order valence-electron chi connectivity index (χ1n) is 6.49. The van der Waals surface area contributed by atoms with Gasteiger partial charge in [-0.2, -0.15) is 16.3 Å². The fourth-order valence-corrected chi connectivity index (χ4v) is 3.87. The van der Waals surface area contributed by atoms with Crippen molar-refractivity contribution < 1.29 is 0 Å². The van der Waals surface area contributed by atoms with Crippen LogP contribution in [-0.2, 0) is 13.0 Å². The Morgan fingerprint density at radius 1 is 1.30 bits per heavy atom. The highest BCUT2D eigenvalue weighted by Crippen LogP contribution is 2.30. The maximum absolute atomic E-state index is 5.80. The summed E-state index contributed by atoms with van der Waals surface area (Å²) in [6.07, 6.45) is 1.00. The standard InChI is InChI=1S/C14H16N4S2/c1-3-10-4-11-12(17-14(15)18-13(11)20-10)16-5-9-7-19-6-8(9)2/h4,6-7H,3,5H2,1-2H3,(H3,15,16,17,18). The zero-order valence-corrected chi connectivity index (χ0v) is 13.1. The van der Waals surface area contributed by atoms with E-state index in [1.807, 2.05) is 0 Å². The number of aromatic nitrogens is 2. The first kappa shape index (κ1) is 13.3. The van der Waals surface area contributed by atoms with Gasteiger partial charge in [-0.05, 0) is 41.3 Å². The van der Waals surface area contributed by atoms with E-state index in [9.17, 15) is 0 Å². The zero-order chi connectivity index (χ0) is 14.1. The van der Waals surface area contributed by atoms with Gasteiger partial charge in [-0.25, -0.2) is 4.98 Å². The van der Waals surface area contributed by atoms with Crippen molar-refractivity contribution in [2.24, 2.45) is 0 Å². The number of nitrogen functional groups attached to an aromatic ring is 1. The highest BCUT2D eigenvalue weighted by atomic mass is 32.1. The smallest absolute Gasteiger partial charge is 0.223 e. The van der Waals surface area contributed by atoms with Crippen LogP contribution in [0.25, 0.3) is 10.2 Å². The maximum Gasteiger partial charge on any atom is 0.223 e. The summed E-state index contributed by atoms with van der Waals surface area (Å²) < 4.78 is 0. The van der Waals surface area contributed by atoms with Crippen LogP contribution in [0, 0.1) is 6.92 Å². The fourth-order valence-electron chi connectivity index (χ4n) is 2.04. The number of hydrogen-bond donors (Lipinski definition) is 2. The lowest BCUT2D eigenvalue weighted by Gasteiger charge is -2.07. The number of nitrogens with one attached hydrogen (secondary N) is 1. The van der Waals surface area contributed by atoms with Gasteiger partial charge in [-0.1, -0.05) is 6.92 Å². The van der Waals surface area contributed by atoms with Crippen LogP contribution in [0.1, 0.15) is 22.9 Å². The van der Waals surface area contributed by atoms with Crippen LogP contribution in [0.3, 0.4) is 0 Å². The van der Waals surface area contributed by atoms with Gasteiger partial charge >= 0.3 is 0 Å². The van der Waals surface area contributed by atoms with Crippen LogP contribution in [0.5, 0.6) is 0 Å². The number of nitrogens with zero attached hydrogens (tertiary/aromatic N) is 2. The summed E-state index contributed by atoms with van der Waals surface area (Å²) in [5, 5.41) is 8.77. The third-order valence-electron chi connectivity index (χ3n) is 3.22. The van der Waals surface area contributed by atoms with Gasteiger partial charge in [0.15, 0.2) is 0 Å². The average molecular weight is 304 g/mol. The van der Waals surface area contributed by atoms with Crippen molar-refractivity contribution in [1.29, 1.82) is 0 Å². The van der Waals surface area contributed by atoms with Gasteiger partial charge in [-0.15, -0.1) is 11.3 Å². The lowest BCUT2D eigenvalue weighted by Crippen LogP contribution is -2.04. The molecular formula is C14H16N4S2. The SMILES string of the molecule is CCc1cc2c(NCc3cscc3C)nc(N)nc2s1. The highest BCUT2D eigenvalue weighted by Gasteiger charge is 2.10. The second kappa shape index (κ2) is 5.38. The molecule has 20 heavy (non-hydrogen) atoms. The van der Waals surface area contributed by atoms with E-state index < -0.39 is 0 Å². The molecule has 4 nitrogen and oxygen atoms in total. The summed E-state index contributed by atoms with van der Waals surface area (Å²) in [5.74, 6) is 1.15. The quantitative estimate of drug-likeness (QED) is 0.769. The van der Waals surface area contributed by atoms with E-state index in [1.165, 1.54) is 16.0 Å². The molecule has 0 radical (unpaired) electrons. The van der Waals surface area contributed by atoms with Crippen LogP contribution >= 0.6 is 22.7 Å². The largest absolute Gasteiger partial charge is 0.368 e. The molecule has 0 unspecified atom stereocenters. The van der Waals surface area contributed by atoms with E-state index in [2.05, 4.69) is 46.0 Å². The molecule has 3 heterocycles. The Bertz CT molecular complexity index is 745. The lowest BCUT2D eigenvalue weighted by molar-refractivity contribution is 1.10. The Morgan fingerprint density at radius 2 is 2.15 bits per heavy atom. The molecule has 0 aliphatic heterocycles. The van der Waals surface area contributed by atoms with E-state index >= 15 is 0 Å². The summed E-state index contributed by atoms with van der Waals surface area (Å²) in [6.45, 7) is 5.03. The molecule has 6 heteroatoms. The molecule has 0 amide bonds. The number of rotatable bonds is 4. The lowest BCUT2D eigenvalue weighted by atomic mass is 10.2. The molecular weight excluding hydrogens is 288 g/mol. The minimum absolute atomic E-state index is 0.326. The molecule has 0 aliphatic rings. The van der Waals surface area contributed by atoms with Crippen LogP contribution in [0.4, 0.5) is 11.8 Å². The molecule has 104 valence electrons. The van der Waals surface area contributed by atoms with Crippen LogP contribution in [-0.4, -0.2) is 9.97 Å². The summed E-state index contributed by atoms with van der Waals surface area (Å²) in [5.41, 5.74) is 8.40. The Balaban J connectivity index is 1.93. The molecule has 0 saturated heterocycles. The average Bonchev–Trinajstić information content (AvgIpc) is 3.01. The van der Waals surface area contributed by atoms with E-state index in [0.29, 0.717) is 5.95 Å². The number of aryl methyl sites for hydroxylation is 2. The van der Waals surface area contributed by atoms with Gasteiger partial charge in [0.25, 0.3) is 0 Å². The molecule has 3 aromatic rings. The Kier molecular flexibility index (Phi) is 3.58. The monoisotopic (exact) mass is 304 g/mol. The third kappa shape index (κ3) is 2.48. The Hall–Kier alpha value is -1.66. The Morgan fingerprint density at radius 3 is 2.85 bits per heavy atom. The van der Waals surface area contributed by atoms with Crippen molar-refractivity contribution >= 4 is 44.7 Å². The molecule has 3 aromatic heterocycles. The van der Waals surface area contributed by atoms with Crippen LogP contribution in [0.15, 0.2) is 16.8 Å². The summed E-state index contributed by atoms with van der Waals surface area (Å²) in [4.78, 5) is 10.9. The predicted molar refractivity (Wildman–Crippen MR) is 87.6 cm³/mol. The first-order chi connectivity index (χ1) is 9.67. The molecule has 0 saturated carbocycles. The van der Waals surface area contributed by atoms with Gasteiger partial charge in [0.2, 0.25) is 5.95 Å². The molecule has 3 rings (SSSR count). The highest BCUT2D eigenvalue weighted by molar-refractivity contribution is 7.18. The zero-order valence-electron chi connectivity index (χ0n) is 11.4. The predicted octanol–water partition coefficient (Wildman–Crippen LogP) is 3.82. The molecule has 3 N–H and O–H groups in total. The molecule has 0 fully saturated rings. The summed E-state index contributed by atoms with van der Waals surface area (Å²) in [7, 11) is 0. The Labute approximate surface area is 125 Å². The van der Waals surface area contributed by atoms with Crippen LogP contribution < -0.4 is 11.1 Å². The van der Waals surface area contributed by atoms with E-state index in [-0.39, 0.29) is 0 Å². The van der Waals surface area contributed by atoms with E-state index in [0.717, 1.165) is 29.0 Å². The van der Waals surface area contributed by atoms with Crippen molar-refractivity contribution in [2.75, 3.05) is 11.1 Å². The molecule has 0 aliphatic carbocycles.